The van der Waals surface area contributed by atoms with Gasteiger partial charge in [0, 0.05) is 0 Å². The Morgan fingerprint density at radius 2 is 1.24 bits per heavy atom. The Morgan fingerprint density at radius 1 is 0.941 bits per heavy atom. The summed E-state index contributed by atoms with van der Waals surface area (Å²) in [6.07, 6.45) is 0.0476. The molecule has 0 spiro atoms. The summed E-state index contributed by atoms with van der Waals surface area (Å²) in [4.78, 5) is 21.3. The van der Waals surface area contributed by atoms with Gasteiger partial charge in [-0.3, -0.25) is 0 Å². The quantitative estimate of drug-likeness (QED) is 0.336. The summed E-state index contributed by atoms with van der Waals surface area (Å²) < 4.78 is 23.3. The molecule has 17 heavy (non-hydrogen) atoms. The van der Waals surface area contributed by atoms with E-state index in [9.17, 15) is 28.6 Å². The molecule has 0 aliphatic heterocycles. The molecular formula is C9H8F2Li2O4. The van der Waals surface area contributed by atoms with E-state index in [4.69, 9.17) is 0 Å². The van der Waals surface area contributed by atoms with Crippen molar-refractivity contribution in [3.63, 3.8) is 0 Å². The molecule has 84 valence electrons. The van der Waals surface area contributed by atoms with Crippen LogP contribution in [0.1, 0.15) is 12.8 Å². The molecule has 0 saturated carbocycles. The number of carboxylic acid groups (broad SMARTS) is 2. The van der Waals surface area contributed by atoms with Gasteiger partial charge in [0.2, 0.25) is 0 Å². The maximum absolute atomic E-state index is 11.7. The van der Waals surface area contributed by atoms with Crippen LogP contribution in [0.2, 0.25) is 0 Å². The molecule has 0 aliphatic rings. The molecule has 0 fully saturated rings. The first-order valence-corrected chi connectivity index (χ1v) is 3.94. The van der Waals surface area contributed by atoms with Gasteiger partial charge in [-0.05, 0) is 12.8 Å². The Morgan fingerprint density at radius 3 is 1.41 bits per heavy atom. The molecule has 0 amide bonds. The van der Waals surface area contributed by atoms with Crippen LogP contribution in [0.3, 0.4) is 0 Å². The SMILES string of the molecule is O=C([O-])C(CC=CF)(CC=CF)C(=O)[O-].[Li+].[Li+]. The molecule has 8 heteroatoms. The van der Waals surface area contributed by atoms with Crippen LogP contribution < -0.4 is 47.9 Å². The van der Waals surface area contributed by atoms with Gasteiger partial charge in [0.1, 0.15) is 0 Å². The Balaban J connectivity index is -0.000000980. The maximum Gasteiger partial charge on any atom is 1.00 e. The molecule has 0 N–H and O–H groups in total. The second-order valence-corrected chi connectivity index (χ2v) is 2.79. The number of carboxylic acids is 2. The number of carbonyl (C=O) groups excluding carboxylic acids is 2. The molecule has 0 radical (unpaired) electrons. The van der Waals surface area contributed by atoms with Crippen molar-refractivity contribution < 1.29 is 66.3 Å². The second kappa shape index (κ2) is 10.6. The third-order valence-electron chi connectivity index (χ3n) is 1.89. The van der Waals surface area contributed by atoms with Crippen LogP contribution in [0.15, 0.2) is 24.8 Å². The average Bonchev–Trinajstić information content (AvgIpc) is 2.17. The summed E-state index contributed by atoms with van der Waals surface area (Å²) >= 11 is 0. The molecule has 0 aliphatic carbocycles. The van der Waals surface area contributed by atoms with Gasteiger partial charge in [-0.1, -0.05) is 12.2 Å². The Labute approximate surface area is 121 Å². The Bertz CT molecular complexity index is 275. The van der Waals surface area contributed by atoms with Gasteiger partial charge in [0.05, 0.1) is 30.0 Å². The van der Waals surface area contributed by atoms with E-state index >= 15 is 0 Å². The summed E-state index contributed by atoms with van der Waals surface area (Å²) in [6, 6.07) is 0. The standard InChI is InChI=1S/C9H10F2O4.2Li/c10-5-1-3-9(7(12)13,8(14)15)4-2-6-11;;/h1-2,5-6H,3-4H2,(H,12,13)(H,14,15);;/q;2*+1/p-2. The minimum atomic E-state index is -2.44. The molecule has 0 aromatic rings. The summed E-state index contributed by atoms with van der Waals surface area (Å²) in [5.41, 5.74) is -2.44. The van der Waals surface area contributed by atoms with E-state index < -0.39 is 30.2 Å². The van der Waals surface area contributed by atoms with Crippen LogP contribution in [0, 0.1) is 5.41 Å². The molecular weight excluding hydrogens is 224 g/mol. The van der Waals surface area contributed by atoms with E-state index in [2.05, 4.69) is 0 Å². The van der Waals surface area contributed by atoms with Crippen LogP contribution in [0.5, 0.6) is 0 Å². The Hall–Kier alpha value is -0.525. The van der Waals surface area contributed by atoms with Crippen molar-refractivity contribution in [2.75, 3.05) is 0 Å². The van der Waals surface area contributed by atoms with Gasteiger partial charge < -0.3 is 19.8 Å². The molecule has 0 aromatic heterocycles. The van der Waals surface area contributed by atoms with E-state index in [1.807, 2.05) is 0 Å². The molecule has 4 nitrogen and oxygen atoms in total. The summed E-state index contributed by atoms with van der Waals surface area (Å²) in [7, 11) is 0. The topological polar surface area (TPSA) is 80.3 Å². The van der Waals surface area contributed by atoms with Crippen molar-refractivity contribution in [2.24, 2.45) is 5.41 Å². The number of aliphatic carboxylic acids is 2. The predicted octanol–water partition coefficient (Wildman–Crippen LogP) is -6.77. The number of rotatable bonds is 6. The number of carbonyl (C=O) groups is 2. The van der Waals surface area contributed by atoms with E-state index in [0.717, 1.165) is 0 Å². The van der Waals surface area contributed by atoms with Gasteiger partial charge in [0.25, 0.3) is 0 Å². The number of hydrogen-bond donors (Lipinski definition) is 0. The average molecular weight is 232 g/mol. The zero-order valence-corrected chi connectivity index (χ0v) is 9.61. The van der Waals surface area contributed by atoms with E-state index in [0.29, 0.717) is 12.2 Å². The van der Waals surface area contributed by atoms with Gasteiger partial charge in [-0.15, -0.1) is 0 Å². The van der Waals surface area contributed by atoms with E-state index in [1.54, 1.807) is 0 Å². The normalized spacial score (nSPS) is 10.9. The first kappa shape index (κ1) is 21.7. The number of hydrogen-bond acceptors (Lipinski definition) is 4. The van der Waals surface area contributed by atoms with E-state index in [-0.39, 0.29) is 50.4 Å². The molecule has 0 atom stereocenters. The molecule has 0 saturated heterocycles. The van der Waals surface area contributed by atoms with Crippen molar-refractivity contribution in [2.45, 2.75) is 12.8 Å². The predicted molar refractivity (Wildman–Crippen MR) is 42.2 cm³/mol. The molecule has 0 aromatic carbocycles. The monoisotopic (exact) mass is 232 g/mol. The van der Waals surface area contributed by atoms with Crippen molar-refractivity contribution >= 4 is 11.9 Å². The minimum absolute atomic E-state index is 0. The molecule has 0 rings (SSSR count). The molecule has 0 bridgehead atoms. The van der Waals surface area contributed by atoms with Gasteiger partial charge in [-0.25, -0.2) is 8.78 Å². The fourth-order valence-corrected chi connectivity index (χ4v) is 0.991. The van der Waals surface area contributed by atoms with Crippen LogP contribution in [0.25, 0.3) is 0 Å². The third kappa shape index (κ3) is 6.09. The van der Waals surface area contributed by atoms with Crippen LogP contribution in [0.4, 0.5) is 8.78 Å². The zero-order valence-electron chi connectivity index (χ0n) is 9.61. The molecule has 0 heterocycles. The van der Waals surface area contributed by atoms with Crippen molar-refractivity contribution in [1.29, 1.82) is 0 Å². The van der Waals surface area contributed by atoms with Crippen LogP contribution >= 0.6 is 0 Å². The fraction of sp³-hybridized carbons (Fsp3) is 0.333. The largest absolute Gasteiger partial charge is 1.00 e. The zero-order chi connectivity index (χ0) is 11.9. The minimum Gasteiger partial charge on any atom is -0.549 e. The van der Waals surface area contributed by atoms with Crippen molar-refractivity contribution in [3.8, 4) is 0 Å². The van der Waals surface area contributed by atoms with Crippen molar-refractivity contribution in [3.05, 3.63) is 24.8 Å². The van der Waals surface area contributed by atoms with Crippen molar-refractivity contribution in [1.82, 2.24) is 0 Å². The fourth-order valence-electron chi connectivity index (χ4n) is 0.991. The first-order chi connectivity index (χ1) is 7.01. The van der Waals surface area contributed by atoms with E-state index in [1.165, 1.54) is 0 Å². The third-order valence-corrected chi connectivity index (χ3v) is 1.89. The van der Waals surface area contributed by atoms with Crippen LogP contribution in [-0.2, 0) is 9.59 Å². The molecule has 0 unspecified atom stereocenters. The van der Waals surface area contributed by atoms with Gasteiger partial charge in [-0.2, -0.15) is 0 Å². The van der Waals surface area contributed by atoms with Gasteiger partial charge >= 0.3 is 37.7 Å². The Kier molecular flexibility index (Phi) is 13.6. The maximum atomic E-state index is 11.7. The first-order valence-electron chi connectivity index (χ1n) is 3.94. The second-order valence-electron chi connectivity index (χ2n) is 2.79. The summed E-state index contributed by atoms with van der Waals surface area (Å²) in [5.74, 6) is -3.89. The summed E-state index contributed by atoms with van der Waals surface area (Å²) in [6.45, 7) is 0. The number of halogens is 2. The summed E-state index contributed by atoms with van der Waals surface area (Å²) in [5, 5.41) is 21.3. The van der Waals surface area contributed by atoms with Gasteiger partial charge in [0.15, 0.2) is 0 Å². The smallest absolute Gasteiger partial charge is 0.549 e. The number of allylic oxidation sites excluding steroid dienone is 2. The van der Waals surface area contributed by atoms with Crippen LogP contribution in [-0.4, -0.2) is 11.9 Å².